The first-order valence-electron chi connectivity index (χ1n) is 10.8. The lowest BCUT2D eigenvalue weighted by atomic mass is 10.2. The summed E-state index contributed by atoms with van der Waals surface area (Å²) >= 11 is 0. The van der Waals surface area contributed by atoms with Gasteiger partial charge in [0.1, 0.15) is 0 Å². The normalized spacial score (nSPS) is 10.5. The predicted octanol–water partition coefficient (Wildman–Crippen LogP) is 2.78. The number of aryl methyl sites for hydroxylation is 1. The van der Waals surface area contributed by atoms with Crippen LogP contribution in [0.25, 0.3) is 0 Å². The number of amides is 3. The van der Waals surface area contributed by atoms with E-state index in [9.17, 15) is 14.4 Å². The molecule has 9 heteroatoms. The Balaban J connectivity index is 1.94. The molecule has 0 radical (unpaired) electrons. The van der Waals surface area contributed by atoms with Gasteiger partial charge in [-0.25, -0.2) is 5.43 Å². The van der Waals surface area contributed by atoms with Crippen LogP contribution < -0.4 is 25.5 Å². The number of ether oxygens (including phenoxy) is 2. The van der Waals surface area contributed by atoms with Gasteiger partial charge < -0.3 is 20.1 Å². The molecule has 0 atom stereocenters. The summed E-state index contributed by atoms with van der Waals surface area (Å²) in [6.07, 6.45) is 3.10. The number of anilines is 1. The summed E-state index contributed by atoms with van der Waals surface area (Å²) in [6.45, 7) is 6.36. The van der Waals surface area contributed by atoms with Gasteiger partial charge in [-0.15, -0.1) is 0 Å². The van der Waals surface area contributed by atoms with Gasteiger partial charge in [-0.1, -0.05) is 31.5 Å². The van der Waals surface area contributed by atoms with Crippen LogP contribution in [0.4, 0.5) is 5.69 Å². The van der Waals surface area contributed by atoms with Crippen molar-refractivity contribution in [1.29, 1.82) is 0 Å². The minimum Gasteiger partial charge on any atom is -0.490 e. The highest BCUT2D eigenvalue weighted by Gasteiger charge is 2.12. The van der Waals surface area contributed by atoms with Crippen LogP contribution in [0, 0.1) is 6.92 Å². The molecule has 0 saturated heterocycles. The minimum atomic E-state index is -0.841. The number of para-hydroxylation sites is 1. The van der Waals surface area contributed by atoms with Gasteiger partial charge >= 0.3 is 11.8 Å². The van der Waals surface area contributed by atoms with Crippen LogP contribution in [-0.4, -0.2) is 43.7 Å². The summed E-state index contributed by atoms with van der Waals surface area (Å²) in [7, 11) is 0. The summed E-state index contributed by atoms with van der Waals surface area (Å²) < 4.78 is 11.2. The molecule has 9 nitrogen and oxygen atoms in total. The Morgan fingerprint density at radius 1 is 1.00 bits per heavy atom. The molecular formula is C24H30N4O5. The molecule has 0 aliphatic carbocycles. The quantitative estimate of drug-likeness (QED) is 0.209. The summed E-state index contributed by atoms with van der Waals surface area (Å²) in [4.78, 5) is 35.6. The van der Waals surface area contributed by atoms with Gasteiger partial charge in [-0.3, -0.25) is 14.4 Å². The summed E-state index contributed by atoms with van der Waals surface area (Å²) in [6, 6.07) is 12.5. The molecule has 0 heterocycles. The number of nitrogens with one attached hydrogen (secondary N) is 3. The second-order valence-electron chi connectivity index (χ2n) is 7.10. The fraction of sp³-hybridized carbons (Fsp3) is 0.333. The van der Waals surface area contributed by atoms with Gasteiger partial charge in [-0.05, 0) is 55.7 Å². The monoisotopic (exact) mass is 454 g/mol. The first kappa shape index (κ1) is 25.4. The molecule has 0 spiro atoms. The smallest absolute Gasteiger partial charge is 0.329 e. The van der Waals surface area contributed by atoms with Crippen LogP contribution in [-0.2, 0) is 14.4 Å². The Labute approximate surface area is 193 Å². The Morgan fingerprint density at radius 2 is 1.79 bits per heavy atom. The molecule has 0 aromatic heterocycles. The third-order valence-corrected chi connectivity index (χ3v) is 4.45. The number of carbonyl (C=O) groups excluding carboxylic acids is 3. The highest BCUT2D eigenvalue weighted by molar-refractivity contribution is 6.35. The topological polar surface area (TPSA) is 118 Å². The summed E-state index contributed by atoms with van der Waals surface area (Å²) in [5.74, 6) is -1.05. The van der Waals surface area contributed by atoms with Crippen molar-refractivity contribution < 1.29 is 23.9 Å². The number of carbonyl (C=O) groups is 3. The average molecular weight is 455 g/mol. The van der Waals surface area contributed by atoms with Gasteiger partial charge in [-0.2, -0.15) is 5.10 Å². The second kappa shape index (κ2) is 13.5. The van der Waals surface area contributed by atoms with E-state index in [1.807, 2.05) is 45.0 Å². The number of benzene rings is 2. The van der Waals surface area contributed by atoms with Crippen molar-refractivity contribution in [3.63, 3.8) is 0 Å². The Hall–Kier alpha value is -3.88. The number of nitrogens with zero attached hydrogens (tertiary/aromatic N) is 1. The number of unbranched alkanes of at least 4 members (excludes halogenated alkanes) is 1. The zero-order valence-corrected chi connectivity index (χ0v) is 19.1. The van der Waals surface area contributed by atoms with Gasteiger partial charge in [0.05, 0.1) is 12.8 Å². The first-order valence-corrected chi connectivity index (χ1v) is 10.8. The zero-order valence-electron chi connectivity index (χ0n) is 19.1. The van der Waals surface area contributed by atoms with Crippen molar-refractivity contribution in [3.8, 4) is 11.5 Å². The van der Waals surface area contributed by atoms with Crippen LogP contribution in [0.5, 0.6) is 11.5 Å². The van der Waals surface area contributed by atoms with E-state index in [4.69, 9.17) is 9.47 Å². The Kier molecular flexibility index (Phi) is 10.4. The lowest BCUT2D eigenvalue weighted by Gasteiger charge is -2.13. The average Bonchev–Trinajstić information content (AvgIpc) is 2.80. The van der Waals surface area contributed by atoms with Crippen LogP contribution in [0.2, 0.25) is 0 Å². The molecule has 0 bridgehead atoms. The third-order valence-electron chi connectivity index (χ3n) is 4.45. The molecule has 176 valence electrons. The van der Waals surface area contributed by atoms with E-state index in [0.717, 1.165) is 24.1 Å². The number of hydrogen-bond acceptors (Lipinski definition) is 6. The standard InChI is InChI=1S/C24H30N4O5/c1-4-6-13-25-23(30)24(31)28-26-15-18-11-12-20(21(14-18)32-5-2)33-16-22(29)27-19-10-8-7-9-17(19)3/h7-12,14-15H,4-6,13,16H2,1-3H3,(H,25,30)(H,27,29)(H,28,31)/b26-15-. The van der Waals surface area contributed by atoms with Crippen LogP contribution >= 0.6 is 0 Å². The molecule has 0 fully saturated rings. The molecule has 0 aliphatic rings. The first-order chi connectivity index (χ1) is 15.9. The SMILES string of the molecule is CCCCNC(=O)C(=O)N/N=C\c1ccc(OCC(=O)Nc2ccccc2C)c(OCC)c1. The highest BCUT2D eigenvalue weighted by Crippen LogP contribution is 2.28. The summed E-state index contributed by atoms with van der Waals surface area (Å²) in [5, 5.41) is 9.13. The molecule has 0 saturated carbocycles. The van der Waals surface area contributed by atoms with E-state index >= 15 is 0 Å². The molecule has 33 heavy (non-hydrogen) atoms. The zero-order chi connectivity index (χ0) is 24.1. The molecule has 3 N–H and O–H groups in total. The van der Waals surface area contributed by atoms with Crippen molar-refractivity contribution >= 4 is 29.6 Å². The number of rotatable bonds is 11. The largest absolute Gasteiger partial charge is 0.490 e. The molecular weight excluding hydrogens is 424 g/mol. The van der Waals surface area contributed by atoms with Gasteiger partial charge in [0.2, 0.25) is 0 Å². The molecule has 3 amide bonds. The summed E-state index contributed by atoms with van der Waals surface area (Å²) in [5.41, 5.74) is 4.48. The van der Waals surface area contributed by atoms with E-state index in [-0.39, 0.29) is 12.5 Å². The van der Waals surface area contributed by atoms with E-state index < -0.39 is 11.8 Å². The Bertz CT molecular complexity index is 991. The molecule has 0 aliphatic heterocycles. The second-order valence-corrected chi connectivity index (χ2v) is 7.10. The van der Waals surface area contributed by atoms with Crippen LogP contribution in [0.3, 0.4) is 0 Å². The van der Waals surface area contributed by atoms with Crippen molar-refractivity contribution in [2.45, 2.75) is 33.6 Å². The van der Waals surface area contributed by atoms with Crippen molar-refractivity contribution in [2.24, 2.45) is 5.10 Å². The van der Waals surface area contributed by atoms with E-state index in [2.05, 4.69) is 21.2 Å². The maximum Gasteiger partial charge on any atom is 0.329 e. The van der Waals surface area contributed by atoms with Gasteiger partial charge in [0, 0.05) is 12.2 Å². The van der Waals surface area contributed by atoms with Crippen molar-refractivity contribution in [3.05, 3.63) is 53.6 Å². The molecule has 2 aromatic rings. The van der Waals surface area contributed by atoms with Crippen LogP contribution in [0.15, 0.2) is 47.6 Å². The van der Waals surface area contributed by atoms with Crippen molar-refractivity contribution in [1.82, 2.24) is 10.7 Å². The highest BCUT2D eigenvalue weighted by atomic mass is 16.5. The van der Waals surface area contributed by atoms with Gasteiger partial charge in [0.15, 0.2) is 18.1 Å². The lowest BCUT2D eigenvalue weighted by molar-refractivity contribution is -0.139. The molecule has 0 unspecified atom stereocenters. The fourth-order valence-electron chi connectivity index (χ4n) is 2.71. The maximum atomic E-state index is 12.2. The van der Waals surface area contributed by atoms with Crippen LogP contribution in [0.1, 0.15) is 37.8 Å². The minimum absolute atomic E-state index is 0.189. The van der Waals surface area contributed by atoms with E-state index in [0.29, 0.717) is 30.2 Å². The third kappa shape index (κ3) is 8.64. The van der Waals surface area contributed by atoms with Crippen molar-refractivity contribution in [2.75, 3.05) is 25.1 Å². The Morgan fingerprint density at radius 3 is 2.52 bits per heavy atom. The lowest BCUT2D eigenvalue weighted by Crippen LogP contribution is -2.38. The number of hydrogen-bond donors (Lipinski definition) is 3. The predicted molar refractivity (Wildman–Crippen MR) is 127 cm³/mol. The van der Waals surface area contributed by atoms with Gasteiger partial charge in [0.25, 0.3) is 5.91 Å². The maximum absolute atomic E-state index is 12.2. The fourth-order valence-corrected chi connectivity index (χ4v) is 2.71. The van der Waals surface area contributed by atoms with E-state index in [1.54, 1.807) is 18.2 Å². The molecule has 2 rings (SSSR count). The number of hydrazone groups is 1. The molecule has 2 aromatic carbocycles. The van der Waals surface area contributed by atoms with E-state index in [1.165, 1.54) is 6.21 Å².